The lowest BCUT2D eigenvalue weighted by atomic mass is 10.0. The van der Waals surface area contributed by atoms with Crippen LogP contribution in [0.5, 0.6) is 11.5 Å². The first-order valence-corrected chi connectivity index (χ1v) is 9.74. The zero-order valence-corrected chi connectivity index (χ0v) is 17.5. The van der Waals surface area contributed by atoms with Crippen molar-refractivity contribution in [3.63, 3.8) is 0 Å². The van der Waals surface area contributed by atoms with Gasteiger partial charge < -0.3 is 19.1 Å². The van der Waals surface area contributed by atoms with Crippen LogP contribution in [0.3, 0.4) is 0 Å². The number of anilines is 1. The number of hydrogen-bond acceptors (Lipinski definition) is 5. The van der Waals surface area contributed by atoms with Crippen molar-refractivity contribution in [2.45, 2.75) is 45.8 Å². The number of para-hydroxylation sites is 2. The Morgan fingerprint density at radius 1 is 1.14 bits per heavy atom. The molecule has 154 valence electrons. The molecule has 0 saturated heterocycles. The van der Waals surface area contributed by atoms with Crippen molar-refractivity contribution in [2.75, 3.05) is 18.6 Å². The molecule has 0 aromatic heterocycles. The van der Waals surface area contributed by atoms with Gasteiger partial charge in [0.1, 0.15) is 11.5 Å². The Balaban J connectivity index is 1.87. The molecular weight excluding hydrogens is 370 g/mol. The van der Waals surface area contributed by atoms with E-state index >= 15 is 0 Å². The minimum absolute atomic E-state index is 0.0705. The average Bonchev–Trinajstić information content (AvgIpc) is 2.71. The maximum atomic E-state index is 13.3. The summed E-state index contributed by atoms with van der Waals surface area (Å²) < 4.78 is 16.6. The van der Waals surface area contributed by atoms with Crippen molar-refractivity contribution >= 4 is 17.6 Å². The second kappa shape index (κ2) is 8.55. The molecule has 2 aromatic carbocycles. The lowest BCUT2D eigenvalue weighted by Crippen LogP contribution is -2.51. The smallest absolute Gasteiger partial charge is 0.348 e. The first-order chi connectivity index (χ1) is 13.8. The predicted molar refractivity (Wildman–Crippen MR) is 111 cm³/mol. The predicted octanol–water partition coefficient (Wildman–Crippen LogP) is 3.85. The van der Waals surface area contributed by atoms with Gasteiger partial charge in [0.25, 0.3) is 5.91 Å². The third-order valence-electron chi connectivity index (χ3n) is 4.95. The Morgan fingerprint density at radius 3 is 2.55 bits per heavy atom. The molecule has 0 aliphatic carbocycles. The monoisotopic (exact) mass is 397 g/mol. The summed E-state index contributed by atoms with van der Waals surface area (Å²) in [5, 5.41) is 0. The maximum absolute atomic E-state index is 13.3. The molecule has 0 N–H and O–H groups in total. The highest BCUT2D eigenvalue weighted by Gasteiger charge is 2.36. The van der Waals surface area contributed by atoms with Crippen molar-refractivity contribution < 1.29 is 23.8 Å². The minimum atomic E-state index is -0.878. The van der Waals surface area contributed by atoms with E-state index in [1.807, 2.05) is 31.2 Å². The molecule has 6 heteroatoms. The molecule has 6 nitrogen and oxygen atoms in total. The number of esters is 1. The molecule has 3 rings (SSSR count). The van der Waals surface area contributed by atoms with Gasteiger partial charge in [0.05, 0.1) is 19.3 Å². The number of aryl methyl sites for hydroxylation is 1. The molecule has 0 unspecified atom stereocenters. The highest BCUT2D eigenvalue weighted by atomic mass is 16.6. The number of amides is 1. The van der Waals surface area contributed by atoms with Crippen LogP contribution in [0.4, 0.5) is 5.69 Å². The van der Waals surface area contributed by atoms with Crippen LogP contribution in [-0.2, 0) is 14.3 Å². The SMILES string of the molecule is COC(=O)[C@@H]1CN(C(=O)[C@H](C)Oc2cc(C)ccc2C(C)C)c2ccccc2O1. The molecule has 0 fully saturated rings. The third-order valence-corrected chi connectivity index (χ3v) is 4.95. The minimum Gasteiger partial charge on any atom is -0.481 e. The van der Waals surface area contributed by atoms with Crippen molar-refractivity contribution in [1.29, 1.82) is 0 Å². The number of hydrogen-bond donors (Lipinski definition) is 0. The first-order valence-electron chi connectivity index (χ1n) is 9.74. The zero-order chi connectivity index (χ0) is 21.1. The highest BCUT2D eigenvalue weighted by molar-refractivity contribution is 5.99. The molecule has 0 radical (unpaired) electrons. The molecule has 0 saturated carbocycles. The molecule has 29 heavy (non-hydrogen) atoms. The van der Waals surface area contributed by atoms with Gasteiger partial charge in [0.15, 0.2) is 6.10 Å². The van der Waals surface area contributed by atoms with E-state index in [0.29, 0.717) is 17.2 Å². The van der Waals surface area contributed by atoms with E-state index in [1.54, 1.807) is 25.1 Å². The Bertz CT molecular complexity index is 908. The number of nitrogens with zero attached hydrogens (tertiary/aromatic N) is 1. The molecule has 0 spiro atoms. The van der Waals surface area contributed by atoms with Crippen LogP contribution in [0.15, 0.2) is 42.5 Å². The van der Waals surface area contributed by atoms with E-state index in [4.69, 9.17) is 14.2 Å². The Labute approximate surface area is 171 Å². The van der Waals surface area contributed by atoms with Gasteiger partial charge in [-0.05, 0) is 49.1 Å². The summed E-state index contributed by atoms with van der Waals surface area (Å²) in [5.41, 5.74) is 2.72. The average molecular weight is 397 g/mol. The van der Waals surface area contributed by atoms with Gasteiger partial charge in [0.2, 0.25) is 6.10 Å². The van der Waals surface area contributed by atoms with E-state index in [1.165, 1.54) is 12.0 Å². The van der Waals surface area contributed by atoms with Crippen LogP contribution >= 0.6 is 0 Å². The summed E-state index contributed by atoms with van der Waals surface area (Å²) in [6.45, 7) is 7.95. The van der Waals surface area contributed by atoms with Gasteiger partial charge >= 0.3 is 5.97 Å². The van der Waals surface area contributed by atoms with Crippen LogP contribution in [-0.4, -0.2) is 37.7 Å². The van der Waals surface area contributed by atoms with E-state index in [9.17, 15) is 9.59 Å². The molecule has 1 amide bonds. The lowest BCUT2D eigenvalue weighted by Gasteiger charge is -2.35. The molecular formula is C23H27NO5. The van der Waals surface area contributed by atoms with Gasteiger partial charge in [-0.1, -0.05) is 38.1 Å². The fraction of sp³-hybridized carbons (Fsp3) is 0.391. The van der Waals surface area contributed by atoms with E-state index in [0.717, 1.165) is 11.1 Å². The fourth-order valence-electron chi connectivity index (χ4n) is 3.38. The van der Waals surface area contributed by atoms with E-state index in [2.05, 4.69) is 13.8 Å². The Morgan fingerprint density at radius 2 is 1.86 bits per heavy atom. The highest BCUT2D eigenvalue weighted by Crippen LogP contribution is 2.34. The van der Waals surface area contributed by atoms with Crippen LogP contribution in [0.2, 0.25) is 0 Å². The van der Waals surface area contributed by atoms with Gasteiger partial charge in [-0.25, -0.2) is 4.79 Å². The van der Waals surface area contributed by atoms with Crippen molar-refractivity contribution in [1.82, 2.24) is 0 Å². The number of carbonyl (C=O) groups excluding carboxylic acids is 2. The second-order valence-electron chi connectivity index (χ2n) is 7.50. The van der Waals surface area contributed by atoms with Crippen LogP contribution in [0.25, 0.3) is 0 Å². The summed E-state index contributed by atoms with van der Waals surface area (Å²) >= 11 is 0. The van der Waals surface area contributed by atoms with Gasteiger partial charge in [0, 0.05) is 0 Å². The maximum Gasteiger partial charge on any atom is 0.348 e. The summed E-state index contributed by atoms with van der Waals surface area (Å²) in [4.78, 5) is 26.9. The molecule has 1 aliphatic rings. The van der Waals surface area contributed by atoms with Crippen LogP contribution in [0.1, 0.15) is 37.8 Å². The molecule has 2 aromatic rings. The number of benzene rings is 2. The number of methoxy groups -OCH3 is 1. The first kappa shape index (κ1) is 20.7. The largest absolute Gasteiger partial charge is 0.481 e. The normalized spacial score (nSPS) is 16.6. The molecule has 1 heterocycles. The molecule has 2 atom stereocenters. The van der Waals surface area contributed by atoms with Crippen molar-refractivity contribution in [3.05, 3.63) is 53.6 Å². The summed E-state index contributed by atoms with van der Waals surface area (Å²) in [6, 6.07) is 13.2. The van der Waals surface area contributed by atoms with Crippen LogP contribution in [0, 0.1) is 6.92 Å². The number of rotatable bonds is 5. The zero-order valence-electron chi connectivity index (χ0n) is 17.5. The number of carbonyl (C=O) groups is 2. The fourth-order valence-corrected chi connectivity index (χ4v) is 3.38. The van der Waals surface area contributed by atoms with Gasteiger partial charge in [-0.2, -0.15) is 0 Å². The van der Waals surface area contributed by atoms with Crippen molar-refractivity contribution in [3.8, 4) is 11.5 Å². The number of ether oxygens (including phenoxy) is 3. The molecule has 0 bridgehead atoms. The third kappa shape index (κ3) is 4.36. The second-order valence-corrected chi connectivity index (χ2v) is 7.50. The standard InChI is InChI=1S/C23H27NO5/c1-14(2)17-11-10-15(3)12-20(17)28-16(4)22(25)24-13-21(23(26)27-5)29-19-9-7-6-8-18(19)24/h6-12,14,16,21H,13H2,1-5H3/t16-,21-/m0/s1. The number of fused-ring (bicyclic) bond motifs is 1. The van der Waals surface area contributed by atoms with Crippen molar-refractivity contribution in [2.24, 2.45) is 0 Å². The van der Waals surface area contributed by atoms with Gasteiger partial charge in [-0.15, -0.1) is 0 Å². The lowest BCUT2D eigenvalue weighted by molar-refractivity contribution is -0.148. The summed E-state index contributed by atoms with van der Waals surface area (Å²) in [6.07, 6.45) is -1.62. The quantitative estimate of drug-likeness (QED) is 0.717. The van der Waals surface area contributed by atoms with E-state index < -0.39 is 18.2 Å². The Hall–Kier alpha value is -3.02. The van der Waals surface area contributed by atoms with Crippen LogP contribution < -0.4 is 14.4 Å². The molecule has 1 aliphatic heterocycles. The van der Waals surface area contributed by atoms with Gasteiger partial charge in [-0.3, -0.25) is 4.79 Å². The summed E-state index contributed by atoms with van der Waals surface area (Å²) in [5.74, 6) is 0.665. The Kier molecular flexibility index (Phi) is 6.11. The summed E-state index contributed by atoms with van der Waals surface area (Å²) in [7, 11) is 1.30. The topological polar surface area (TPSA) is 65.1 Å². The van der Waals surface area contributed by atoms with E-state index in [-0.39, 0.29) is 18.4 Å².